The van der Waals surface area contributed by atoms with Crippen LogP contribution in [0.4, 0.5) is 4.79 Å². The molecule has 7 nitrogen and oxygen atoms in total. The number of hydrogen-bond acceptors (Lipinski definition) is 7. The lowest BCUT2D eigenvalue weighted by Crippen LogP contribution is -2.49. The second-order valence-electron chi connectivity index (χ2n) is 6.32. The van der Waals surface area contributed by atoms with Crippen LogP contribution in [0.25, 0.3) is 10.2 Å². The summed E-state index contributed by atoms with van der Waals surface area (Å²) in [5.41, 5.74) is 1.03. The maximum Gasteiger partial charge on any atom is 0.286 e. The molecule has 26 heavy (non-hydrogen) atoms. The van der Waals surface area contributed by atoms with E-state index in [2.05, 4.69) is 21.3 Å². The van der Waals surface area contributed by atoms with Gasteiger partial charge in [0.2, 0.25) is 11.8 Å². The van der Waals surface area contributed by atoms with Crippen molar-refractivity contribution >= 4 is 50.4 Å². The molecule has 0 unspecified atom stereocenters. The number of benzene rings is 1. The van der Waals surface area contributed by atoms with Crippen LogP contribution < -0.4 is 5.32 Å². The number of carbonyl (C=O) groups excluding carboxylic acids is 3. The molecule has 1 atom stereocenters. The molecule has 1 N–H and O–H groups in total. The lowest BCUT2D eigenvalue weighted by molar-refractivity contribution is -0.134. The number of thiazole rings is 1. The van der Waals surface area contributed by atoms with Crippen LogP contribution in [-0.2, 0) is 16.1 Å². The van der Waals surface area contributed by atoms with Crippen LogP contribution in [0.15, 0.2) is 24.3 Å². The van der Waals surface area contributed by atoms with E-state index in [1.165, 1.54) is 4.70 Å². The standard InChI is InChI=1S/C17H18N4O3S2/c22-15(9-13-16(23)19-17(24)26-13)21-7-5-20(6-8-21)10-14-18-11-3-1-2-4-12(11)25-14/h1-4,13H,5-10H2,(H,19,23,24)/t13-/m1/s1. The highest BCUT2D eigenvalue weighted by atomic mass is 32.2. The summed E-state index contributed by atoms with van der Waals surface area (Å²) in [6, 6.07) is 8.11. The molecule has 9 heteroatoms. The van der Waals surface area contributed by atoms with Gasteiger partial charge in [-0.1, -0.05) is 23.9 Å². The van der Waals surface area contributed by atoms with E-state index in [-0.39, 0.29) is 23.5 Å². The molecule has 1 aromatic carbocycles. The zero-order valence-corrected chi connectivity index (χ0v) is 15.6. The molecule has 3 amide bonds. The third-order valence-electron chi connectivity index (χ3n) is 4.55. The number of nitrogens with one attached hydrogen (secondary N) is 1. The minimum absolute atomic E-state index is 0.0630. The molecule has 1 aromatic heterocycles. The summed E-state index contributed by atoms with van der Waals surface area (Å²) < 4.78 is 1.19. The fraction of sp³-hybridized carbons (Fsp3) is 0.412. The van der Waals surface area contributed by atoms with E-state index < -0.39 is 5.25 Å². The first-order valence-corrected chi connectivity index (χ1v) is 10.1. The van der Waals surface area contributed by atoms with Crippen molar-refractivity contribution in [2.24, 2.45) is 0 Å². The van der Waals surface area contributed by atoms with Gasteiger partial charge in [-0.2, -0.15) is 0 Å². The van der Waals surface area contributed by atoms with Gasteiger partial charge in [-0.05, 0) is 12.1 Å². The van der Waals surface area contributed by atoms with Crippen LogP contribution in [0.5, 0.6) is 0 Å². The van der Waals surface area contributed by atoms with Crippen molar-refractivity contribution in [2.45, 2.75) is 18.2 Å². The Labute approximate surface area is 158 Å². The maximum atomic E-state index is 12.4. The maximum absolute atomic E-state index is 12.4. The summed E-state index contributed by atoms with van der Waals surface area (Å²) in [5, 5.41) is 2.35. The Hall–Kier alpha value is -1.97. The molecule has 2 saturated heterocycles. The summed E-state index contributed by atoms with van der Waals surface area (Å²) in [4.78, 5) is 43.9. The van der Waals surface area contributed by atoms with Gasteiger partial charge >= 0.3 is 0 Å². The topological polar surface area (TPSA) is 82.6 Å². The SMILES string of the molecule is O=C1NC(=O)[C@@H](CC(=O)N2CCN(Cc3nc4ccccc4s3)CC2)S1. The normalized spacial score (nSPS) is 21.4. The van der Waals surface area contributed by atoms with Gasteiger partial charge in [-0.25, -0.2) is 4.98 Å². The van der Waals surface area contributed by atoms with E-state index in [1.54, 1.807) is 16.2 Å². The largest absolute Gasteiger partial charge is 0.340 e. The second-order valence-corrected chi connectivity index (χ2v) is 8.61. The number of para-hydroxylation sites is 1. The summed E-state index contributed by atoms with van der Waals surface area (Å²) in [5.74, 6) is -0.421. The third kappa shape index (κ3) is 3.74. The first-order chi connectivity index (χ1) is 12.6. The molecule has 2 fully saturated rings. The first kappa shape index (κ1) is 17.4. The molecule has 4 rings (SSSR count). The lowest BCUT2D eigenvalue weighted by atomic mass is 10.2. The number of rotatable bonds is 4. The minimum Gasteiger partial charge on any atom is -0.340 e. The van der Waals surface area contributed by atoms with Crippen LogP contribution in [-0.4, -0.2) is 63.3 Å². The number of imide groups is 1. The van der Waals surface area contributed by atoms with E-state index in [0.717, 1.165) is 41.9 Å². The Bertz CT molecular complexity index is 828. The van der Waals surface area contributed by atoms with Crippen LogP contribution in [0.1, 0.15) is 11.4 Å². The smallest absolute Gasteiger partial charge is 0.286 e. The highest BCUT2D eigenvalue weighted by Crippen LogP contribution is 2.24. The summed E-state index contributed by atoms with van der Waals surface area (Å²) in [6.45, 7) is 3.62. The van der Waals surface area contributed by atoms with Gasteiger partial charge in [0.05, 0.1) is 16.8 Å². The van der Waals surface area contributed by atoms with Crippen LogP contribution in [0, 0.1) is 0 Å². The van der Waals surface area contributed by atoms with Gasteiger partial charge in [0, 0.05) is 32.6 Å². The van der Waals surface area contributed by atoms with Gasteiger partial charge < -0.3 is 4.90 Å². The number of amides is 3. The van der Waals surface area contributed by atoms with E-state index in [9.17, 15) is 14.4 Å². The van der Waals surface area contributed by atoms with E-state index in [1.807, 2.05) is 18.2 Å². The molecule has 136 valence electrons. The number of fused-ring (bicyclic) bond motifs is 1. The van der Waals surface area contributed by atoms with Gasteiger partial charge in [0.25, 0.3) is 5.24 Å². The monoisotopic (exact) mass is 390 g/mol. The van der Waals surface area contributed by atoms with E-state index in [4.69, 9.17) is 0 Å². The molecule has 2 aliphatic heterocycles. The molecule has 0 saturated carbocycles. The molecule has 0 spiro atoms. The van der Waals surface area contributed by atoms with Crippen molar-refractivity contribution in [1.29, 1.82) is 0 Å². The zero-order chi connectivity index (χ0) is 18.1. The molecule has 2 aromatic rings. The second kappa shape index (κ2) is 7.34. The molecule has 2 aliphatic rings. The average molecular weight is 390 g/mol. The average Bonchev–Trinajstić information content (AvgIpc) is 3.17. The minimum atomic E-state index is -0.587. The van der Waals surface area contributed by atoms with E-state index >= 15 is 0 Å². The van der Waals surface area contributed by atoms with Crippen molar-refractivity contribution in [1.82, 2.24) is 20.1 Å². The molecule has 3 heterocycles. The fourth-order valence-electron chi connectivity index (χ4n) is 3.15. The Kier molecular flexibility index (Phi) is 4.92. The summed E-state index contributed by atoms with van der Waals surface area (Å²) >= 11 is 2.61. The summed E-state index contributed by atoms with van der Waals surface area (Å²) in [6.07, 6.45) is 0.0834. The number of carbonyl (C=O) groups is 3. The summed E-state index contributed by atoms with van der Waals surface area (Å²) in [7, 11) is 0. The van der Waals surface area contributed by atoms with Gasteiger partial charge in [-0.15, -0.1) is 11.3 Å². The Balaban J connectivity index is 1.29. The quantitative estimate of drug-likeness (QED) is 0.855. The molecular formula is C17H18N4O3S2. The Morgan fingerprint density at radius 3 is 2.65 bits per heavy atom. The number of thioether (sulfide) groups is 1. The predicted molar refractivity (Wildman–Crippen MR) is 101 cm³/mol. The highest BCUT2D eigenvalue weighted by molar-refractivity contribution is 8.15. The molecule has 0 bridgehead atoms. The van der Waals surface area contributed by atoms with Crippen molar-refractivity contribution < 1.29 is 14.4 Å². The Morgan fingerprint density at radius 1 is 1.19 bits per heavy atom. The highest BCUT2D eigenvalue weighted by Gasteiger charge is 2.35. The van der Waals surface area contributed by atoms with E-state index in [0.29, 0.717) is 13.1 Å². The number of nitrogens with zero attached hydrogens (tertiary/aromatic N) is 3. The van der Waals surface area contributed by atoms with Crippen LogP contribution >= 0.6 is 23.1 Å². The van der Waals surface area contributed by atoms with Crippen LogP contribution in [0.3, 0.4) is 0 Å². The predicted octanol–water partition coefficient (Wildman–Crippen LogP) is 1.68. The van der Waals surface area contributed by atoms with Crippen molar-refractivity contribution in [3.63, 3.8) is 0 Å². The van der Waals surface area contributed by atoms with Crippen molar-refractivity contribution in [3.05, 3.63) is 29.3 Å². The number of piperazine rings is 1. The van der Waals surface area contributed by atoms with Gasteiger partial charge in [-0.3, -0.25) is 24.6 Å². The molecule has 0 radical (unpaired) electrons. The number of aromatic nitrogens is 1. The molecular weight excluding hydrogens is 372 g/mol. The van der Waals surface area contributed by atoms with Crippen molar-refractivity contribution in [2.75, 3.05) is 26.2 Å². The fourth-order valence-corrected chi connectivity index (χ4v) is 4.97. The molecule has 0 aliphatic carbocycles. The third-order valence-corrected chi connectivity index (χ3v) is 6.55. The zero-order valence-electron chi connectivity index (χ0n) is 14.0. The van der Waals surface area contributed by atoms with Gasteiger partial charge in [0.1, 0.15) is 10.3 Å². The number of hydrogen-bond donors (Lipinski definition) is 1. The van der Waals surface area contributed by atoms with Crippen LogP contribution in [0.2, 0.25) is 0 Å². The first-order valence-electron chi connectivity index (χ1n) is 8.44. The van der Waals surface area contributed by atoms with Gasteiger partial charge in [0.15, 0.2) is 0 Å². The Morgan fingerprint density at radius 2 is 1.96 bits per heavy atom. The van der Waals surface area contributed by atoms with Crippen molar-refractivity contribution in [3.8, 4) is 0 Å². The lowest BCUT2D eigenvalue weighted by Gasteiger charge is -2.34.